The van der Waals surface area contributed by atoms with Crippen LogP contribution >= 0.6 is 0 Å². The van der Waals surface area contributed by atoms with Gasteiger partial charge in [0.1, 0.15) is 0 Å². The molecule has 0 N–H and O–H groups in total. The molecule has 2 nitrogen and oxygen atoms in total. The van der Waals surface area contributed by atoms with E-state index in [4.69, 9.17) is 9.47 Å². The Kier molecular flexibility index (Phi) is 6.85. The summed E-state index contributed by atoms with van der Waals surface area (Å²) in [6, 6.07) is 0. The Morgan fingerprint density at radius 1 is 0.964 bits per heavy atom. The van der Waals surface area contributed by atoms with Crippen LogP contribution in [0.3, 0.4) is 0 Å². The lowest BCUT2D eigenvalue weighted by Gasteiger charge is -2.41. The van der Waals surface area contributed by atoms with Gasteiger partial charge in [-0.25, -0.2) is 0 Å². The zero-order valence-electron chi connectivity index (χ0n) is 16.2. The minimum absolute atomic E-state index is 0.106. The van der Waals surface area contributed by atoms with Gasteiger partial charge in [-0.3, -0.25) is 4.39 Å². The van der Waals surface area contributed by atoms with E-state index in [0.717, 1.165) is 25.0 Å². The Morgan fingerprint density at radius 3 is 2.18 bits per heavy atom. The Bertz CT molecular complexity index is 586. The summed E-state index contributed by atoms with van der Waals surface area (Å²) in [6.07, 6.45) is 5.21. The number of halogens is 5. The maximum atomic E-state index is 14.5. The Balaban J connectivity index is 1.60. The lowest BCUT2D eigenvalue weighted by molar-refractivity contribution is -0.230. The van der Waals surface area contributed by atoms with Crippen LogP contribution in [0.2, 0.25) is 0 Å². The van der Waals surface area contributed by atoms with Gasteiger partial charge in [0.25, 0.3) is 0 Å². The van der Waals surface area contributed by atoms with Crippen LogP contribution in [0.4, 0.5) is 22.0 Å². The first kappa shape index (κ1) is 21.8. The first-order valence-electron chi connectivity index (χ1n) is 10.3. The van der Waals surface area contributed by atoms with Crippen molar-refractivity contribution < 1.29 is 31.4 Å². The Hall–Kier alpha value is -0.950. The molecular weight excluding hydrogens is 379 g/mol. The van der Waals surface area contributed by atoms with E-state index in [1.165, 1.54) is 0 Å². The second-order valence-electron chi connectivity index (χ2n) is 8.20. The molecule has 0 unspecified atom stereocenters. The zero-order valence-corrected chi connectivity index (χ0v) is 16.2. The van der Waals surface area contributed by atoms with Crippen molar-refractivity contribution in [2.24, 2.45) is 17.8 Å². The summed E-state index contributed by atoms with van der Waals surface area (Å²) in [7, 11) is 0. The molecule has 2 aliphatic carbocycles. The van der Waals surface area contributed by atoms with Gasteiger partial charge in [-0.15, -0.1) is 0 Å². The molecular formula is C21H29F5O2. The van der Waals surface area contributed by atoms with Crippen molar-refractivity contribution in [2.45, 2.75) is 70.0 Å². The van der Waals surface area contributed by atoms with E-state index in [0.29, 0.717) is 44.8 Å². The van der Waals surface area contributed by atoms with Crippen LogP contribution in [-0.4, -0.2) is 38.0 Å². The summed E-state index contributed by atoms with van der Waals surface area (Å²) in [5.74, 6) is -8.69. The highest BCUT2D eigenvalue weighted by Crippen LogP contribution is 2.52. The van der Waals surface area contributed by atoms with Crippen LogP contribution in [0.15, 0.2) is 23.3 Å². The van der Waals surface area contributed by atoms with Gasteiger partial charge in [0.05, 0.1) is 19.9 Å². The van der Waals surface area contributed by atoms with E-state index in [2.05, 4.69) is 6.92 Å². The normalized spacial score (nSPS) is 35.2. The average molecular weight is 408 g/mol. The molecule has 0 bridgehead atoms. The van der Waals surface area contributed by atoms with Gasteiger partial charge in [0.2, 0.25) is 0 Å². The molecule has 3 aliphatic rings. The fourth-order valence-corrected chi connectivity index (χ4v) is 4.62. The number of alkyl halides is 5. The van der Waals surface area contributed by atoms with E-state index in [1.807, 2.05) is 0 Å². The second kappa shape index (κ2) is 8.82. The quantitative estimate of drug-likeness (QED) is 0.496. The molecule has 28 heavy (non-hydrogen) atoms. The van der Waals surface area contributed by atoms with E-state index in [9.17, 15) is 22.0 Å². The SMILES string of the molecule is CCCC1COC(C2CCC(C3=CC=C(CCF)C(F)(F)C3(F)F)CC2)OC1. The molecule has 3 rings (SSSR count). The first-order chi connectivity index (χ1) is 13.3. The summed E-state index contributed by atoms with van der Waals surface area (Å²) >= 11 is 0. The molecule has 1 saturated carbocycles. The van der Waals surface area contributed by atoms with Crippen molar-refractivity contribution in [1.29, 1.82) is 0 Å². The first-order valence-corrected chi connectivity index (χ1v) is 10.3. The number of ether oxygens (including phenoxy) is 2. The summed E-state index contributed by atoms with van der Waals surface area (Å²) < 4.78 is 81.7. The van der Waals surface area contributed by atoms with Crippen LogP contribution in [0, 0.1) is 17.8 Å². The summed E-state index contributed by atoms with van der Waals surface area (Å²) in [5.41, 5.74) is -1.35. The maximum Gasteiger partial charge on any atom is 0.336 e. The highest BCUT2D eigenvalue weighted by Gasteiger charge is 2.62. The largest absolute Gasteiger partial charge is 0.352 e. The molecule has 1 aliphatic heterocycles. The Labute approximate surface area is 163 Å². The number of allylic oxidation sites excluding steroid dienone is 4. The molecule has 160 valence electrons. The van der Waals surface area contributed by atoms with Crippen molar-refractivity contribution in [2.75, 3.05) is 19.9 Å². The van der Waals surface area contributed by atoms with Crippen LogP contribution < -0.4 is 0 Å². The minimum atomic E-state index is -4.33. The average Bonchev–Trinajstić information content (AvgIpc) is 2.67. The van der Waals surface area contributed by atoms with E-state index in [-0.39, 0.29) is 12.2 Å². The smallest absolute Gasteiger partial charge is 0.336 e. The molecule has 0 atom stereocenters. The van der Waals surface area contributed by atoms with Gasteiger partial charge in [0.15, 0.2) is 6.29 Å². The summed E-state index contributed by atoms with van der Waals surface area (Å²) in [4.78, 5) is 0. The van der Waals surface area contributed by atoms with Crippen LogP contribution in [0.1, 0.15) is 51.9 Å². The summed E-state index contributed by atoms with van der Waals surface area (Å²) in [5, 5.41) is 0. The van der Waals surface area contributed by atoms with Crippen LogP contribution in [0.5, 0.6) is 0 Å². The van der Waals surface area contributed by atoms with Gasteiger partial charge >= 0.3 is 11.8 Å². The van der Waals surface area contributed by atoms with Crippen molar-refractivity contribution in [1.82, 2.24) is 0 Å². The third-order valence-electron chi connectivity index (χ3n) is 6.27. The lowest BCUT2D eigenvalue weighted by atomic mass is 9.73. The second-order valence-corrected chi connectivity index (χ2v) is 8.20. The number of hydrogen-bond acceptors (Lipinski definition) is 2. The van der Waals surface area contributed by atoms with Crippen molar-refractivity contribution in [3.8, 4) is 0 Å². The number of hydrogen-bond donors (Lipinski definition) is 0. The predicted octanol–water partition coefficient (Wildman–Crippen LogP) is 6.08. The third kappa shape index (κ3) is 4.16. The van der Waals surface area contributed by atoms with Gasteiger partial charge in [-0.05, 0) is 38.0 Å². The molecule has 0 aromatic carbocycles. The van der Waals surface area contributed by atoms with E-state index in [1.54, 1.807) is 0 Å². The van der Waals surface area contributed by atoms with E-state index >= 15 is 0 Å². The highest BCUT2D eigenvalue weighted by atomic mass is 19.3. The molecule has 0 spiro atoms. The Morgan fingerprint density at radius 2 is 1.61 bits per heavy atom. The standard InChI is InChI=1S/C21H29F5O2/c1-2-3-14-12-27-19(28-13-14)16-6-4-15(5-7-16)18-9-8-17(10-11-22)20(23,24)21(18,25)26/h8-9,14-16,19H,2-7,10-13H2,1H3. The van der Waals surface area contributed by atoms with Crippen molar-refractivity contribution in [3.05, 3.63) is 23.3 Å². The molecule has 1 saturated heterocycles. The van der Waals surface area contributed by atoms with Crippen LogP contribution in [-0.2, 0) is 9.47 Å². The van der Waals surface area contributed by atoms with Gasteiger partial charge in [-0.2, -0.15) is 17.6 Å². The maximum absolute atomic E-state index is 14.5. The number of rotatable bonds is 6. The van der Waals surface area contributed by atoms with Gasteiger partial charge in [-0.1, -0.05) is 25.5 Å². The third-order valence-corrected chi connectivity index (χ3v) is 6.27. The predicted molar refractivity (Wildman–Crippen MR) is 96.2 cm³/mol. The molecule has 0 aromatic heterocycles. The van der Waals surface area contributed by atoms with Gasteiger partial charge < -0.3 is 9.47 Å². The van der Waals surface area contributed by atoms with Crippen molar-refractivity contribution >= 4 is 0 Å². The summed E-state index contributed by atoms with van der Waals surface area (Å²) in [6.45, 7) is 2.33. The lowest BCUT2D eigenvalue weighted by Crippen LogP contribution is -2.48. The van der Waals surface area contributed by atoms with Gasteiger partial charge in [0, 0.05) is 29.4 Å². The van der Waals surface area contributed by atoms with Crippen LogP contribution in [0.25, 0.3) is 0 Å². The molecule has 0 aromatic rings. The fourth-order valence-electron chi connectivity index (χ4n) is 4.62. The molecule has 2 fully saturated rings. The molecule has 1 heterocycles. The van der Waals surface area contributed by atoms with Crippen molar-refractivity contribution in [3.63, 3.8) is 0 Å². The highest BCUT2D eigenvalue weighted by molar-refractivity contribution is 5.39. The molecule has 7 heteroatoms. The fraction of sp³-hybridized carbons (Fsp3) is 0.810. The monoisotopic (exact) mass is 408 g/mol. The zero-order chi connectivity index (χ0) is 20.4. The minimum Gasteiger partial charge on any atom is -0.352 e. The topological polar surface area (TPSA) is 18.5 Å². The molecule has 0 radical (unpaired) electrons. The molecule has 0 amide bonds. The van der Waals surface area contributed by atoms with E-state index < -0.39 is 42.0 Å².